The molecule has 202 valence electrons. The maximum absolute atomic E-state index is 13.8. The van der Waals surface area contributed by atoms with Crippen molar-refractivity contribution in [2.45, 2.75) is 49.2 Å². The minimum atomic E-state index is -4.21. The van der Waals surface area contributed by atoms with E-state index in [9.17, 15) is 13.2 Å². The minimum absolute atomic E-state index is 0.129. The van der Waals surface area contributed by atoms with E-state index in [-0.39, 0.29) is 26.8 Å². The summed E-state index contributed by atoms with van der Waals surface area (Å²) in [6, 6.07) is 11.3. The number of sulfone groups is 1. The van der Waals surface area contributed by atoms with E-state index in [2.05, 4.69) is 22.2 Å². The number of anilines is 2. The summed E-state index contributed by atoms with van der Waals surface area (Å²) in [4.78, 5) is 23.1. The average Bonchev–Trinajstić information content (AvgIpc) is 3.18. The zero-order chi connectivity index (χ0) is 27.7. The topological polar surface area (TPSA) is 137 Å². The molecule has 4 rings (SSSR count). The van der Waals surface area contributed by atoms with Gasteiger partial charge in [0.15, 0.2) is 5.03 Å². The first-order valence-corrected chi connectivity index (χ1v) is 13.7. The molecule has 1 unspecified atom stereocenters. The Kier molecular flexibility index (Phi) is 7.50. The van der Waals surface area contributed by atoms with Crippen molar-refractivity contribution in [3.63, 3.8) is 0 Å². The van der Waals surface area contributed by atoms with E-state index in [4.69, 9.17) is 15.2 Å². The molecule has 0 saturated carbocycles. The summed E-state index contributed by atoms with van der Waals surface area (Å²) in [5.74, 6) is 1.40. The van der Waals surface area contributed by atoms with E-state index in [1.807, 2.05) is 24.8 Å². The van der Waals surface area contributed by atoms with Crippen molar-refractivity contribution in [1.29, 1.82) is 0 Å². The van der Waals surface area contributed by atoms with Crippen molar-refractivity contribution in [2.24, 2.45) is 11.7 Å². The van der Waals surface area contributed by atoms with Crippen molar-refractivity contribution < 1.29 is 22.7 Å². The van der Waals surface area contributed by atoms with Crippen molar-refractivity contribution in [3.05, 3.63) is 59.8 Å². The molecule has 0 bridgehead atoms. The third-order valence-corrected chi connectivity index (χ3v) is 8.40. The Balaban J connectivity index is 1.69. The SMILES string of the molecule is COc1ccc(OC)c(CNc2cccc(S(=O)(=O)c3ccnc(N4CC(C)CC4(C)C)c3C(N)=O)n2)c1. The molecule has 1 saturated heterocycles. The fourth-order valence-electron chi connectivity index (χ4n) is 5.03. The first-order valence-electron chi connectivity index (χ1n) is 12.2. The molecular weight excluding hydrogens is 506 g/mol. The number of carbonyl (C=O) groups excluding carboxylic acids is 1. The van der Waals surface area contributed by atoms with E-state index < -0.39 is 15.7 Å². The van der Waals surface area contributed by atoms with Crippen molar-refractivity contribution in [1.82, 2.24) is 9.97 Å². The van der Waals surface area contributed by atoms with Crippen molar-refractivity contribution in [3.8, 4) is 11.5 Å². The monoisotopic (exact) mass is 539 g/mol. The van der Waals surface area contributed by atoms with Crippen LogP contribution in [-0.2, 0) is 16.4 Å². The van der Waals surface area contributed by atoms with Gasteiger partial charge in [-0.2, -0.15) is 0 Å². The fraction of sp³-hybridized carbons (Fsp3) is 0.370. The number of benzene rings is 1. The van der Waals surface area contributed by atoms with Gasteiger partial charge in [-0.05, 0) is 62.6 Å². The molecular formula is C27H33N5O5S. The highest BCUT2D eigenvalue weighted by Crippen LogP contribution is 2.39. The van der Waals surface area contributed by atoms with E-state index in [0.29, 0.717) is 36.3 Å². The molecule has 1 aliphatic rings. The number of methoxy groups -OCH3 is 2. The second-order valence-corrected chi connectivity index (χ2v) is 11.9. The third-order valence-electron chi connectivity index (χ3n) is 6.70. The summed E-state index contributed by atoms with van der Waals surface area (Å²) in [5, 5.41) is 2.92. The minimum Gasteiger partial charge on any atom is -0.497 e. The summed E-state index contributed by atoms with van der Waals surface area (Å²) in [6.45, 7) is 7.13. The Morgan fingerprint density at radius 1 is 1.18 bits per heavy atom. The third kappa shape index (κ3) is 5.24. The Hall–Kier alpha value is -3.86. The van der Waals surface area contributed by atoms with Gasteiger partial charge in [-0.15, -0.1) is 0 Å². The Labute approximate surface area is 223 Å². The number of nitrogens with one attached hydrogen (secondary N) is 1. The standard InChI is InChI=1S/C27H33N5O5S/c1-17-14-27(2,3)32(16-17)26-24(25(28)33)21(11-12-29-26)38(34,35)23-8-6-7-22(31-23)30-15-18-13-19(36-4)9-10-20(18)37-5/h6-13,17H,14-16H2,1-5H3,(H2,28,33)(H,30,31). The molecule has 3 heterocycles. The van der Waals surface area contributed by atoms with Crippen LogP contribution in [0.4, 0.5) is 11.6 Å². The Bertz CT molecular complexity index is 1460. The highest BCUT2D eigenvalue weighted by Gasteiger charge is 2.40. The molecule has 0 radical (unpaired) electrons. The number of hydrogen-bond acceptors (Lipinski definition) is 9. The van der Waals surface area contributed by atoms with Gasteiger partial charge >= 0.3 is 0 Å². The number of pyridine rings is 2. The first-order chi connectivity index (χ1) is 18.0. The summed E-state index contributed by atoms with van der Waals surface area (Å²) in [6.07, 6.45) is 2.27. The number of carbonyl (C=O) groups is 1. The molecule has 10 nitrogen and oxygen atoms in total. The lowest BCUT2D eigenvalue weighted by molar-refractivity contribution is 0.0997. The summed E-state index contributed by atoms with van der Waals surface area (Å²) in [5.41, 5.74) is 6.11. The highest BCUT2D eigenvalue weighted by molar-refractivity contribution is 7.91. The molecule has 1 fully saturated rings. The molecule has 1 aromatic carbocycles. The maximum atomic E-state index is 13.8. The molecule has 11 heteroatoms. The second-order valence-electron chi connectivity index (χ2n) is 10.0. The van der Waals surface area contributed by atoms with Gasteiger partial charge in [0.2, 0.25) is 9.84 Å². The number of amides is 1. The van der Waals surface area contributed by atoms with Gasteiger partial charge in [0.1, 0.15) is 28.7 Å². The van der Waals surface area contributed by atoms with Crippen LogP contribution in [0.15, 0.2) is 58.6 Å². The quantitative estimate of drug-likeness (QED) is 0.417. The normalized spacial score (nSPS) is 16.8. The Morgan fingerprint density at radius 2 is 1.95 bits per heavy atom. The van der Waals surface area contributed by atoms with E-state index >= 15 is 0 Å². The molecule has 0 spiro atoms. The van der Waals surface area contributed by atoms with Gasteiger partial charge in [-0.25, -0.2) is 18.4 Å². The average molecular weight is 540 g/mol. The molecule has 3 N–H and O–H groups in total. The molecule has 1 aliphatic heterocycles. The zero-order valence-corrected chi connectivity index (χ0v) is 23.0. The van der Waals surface area contributed by atoms with Crippen LogP contribution in [0, 0.1) is 5.92 Å². The Morgan fingerprint density at radius 3 is 2.58 bits per heavy atom. The number of nitrogens with two attached hydrogens (primary N) is 1. The number of aromatic nitrogens is 2. The second kappa shape index (κ2) is 10.5. The lowest BCUT2D eigenvalue weighted by Crippen LogP contribution is -2.40. The van der Waals surface area contributed by atoms with Gasteiger partial charge in [-0.3, -0.25) is 4.79 Å². The first kappa shape index (κ1) is 27.2. The lowest BCUT2D eigenvalue weighted by Gasteiger charge is -2.33. The summed E-state index contributed by atoms with van der Waals surface area (Å²) >= 11 is 0. The van der Waals surface area contributed by atoms with E-state index in [0.717, 1.165) is 12.0 Å². The van der Waals surface area contributed by atoms with E-state index in [1.165, 1.54) is 18.3 Å². The molecule has 3 aromatic rings. The van der Waals surface area contributed by atoms with Crippen LogP contribution in [0.25, 0.3) is 0 Å². The molecule has 38 heavy (non-hydrogen) atoms. The number of primary amides is 1. The predicted molar refractivity (Wildman–Crippen MR) is 145 cm³/mol. The van der Waals surface area contributed by atoms with Crippen LogP contribution in [0.5, 0.6) is 11.5 Å². The van der Waals surface area contributed by atoms with Crippen LogP contribution < -0.4 is 25.4 Å². The van der Waals surface area contributed by atoms with E-state index in [1.54, 1.807) is 38.5 Å². The molecule has 1 atom stereocenters. The van der Waals surface area contributed by atoms with Crippen LogP contribution in [0.3, 0.4) is 0 Å². The smallest absolute Gasteiger partial charge is 0.253 e. The maximum Gasteiger partial charge on any atom is 0.253 e. The fourth-order valence-corrected chi connectivity index (χ4v) is 6.44. The zero-order valence-electron chi connectivity index (χ0n) is 22.2. The highest BCUT2D eigenvalue weighted by atomic mass is 32.2. The number of hydrogen-bond donors (Lipinski definition) is 2. The van der Waals surface area contributed by atoms with Gasteiger partial charge in [-0.1, -0.05) is 13.0 Å². The van der Waals surface area contributed by atoms with Gasteiger partial charge in [0.05, 0.1) is 19.1 Å². The molecule has 2 aromatic heterocycles. The van der Waals surface area contributed by atoms with Crippen molar-refractivity contribution >= 4 is 27.4 Å². The number of nitrogens with zero attached hydrogens (tertiary/aromatic N) is 3. The molecule has 0 aliphatic carbocycles. The van der Waals surface area contributed by atoms with Gasteiger partial charge in [0, 0.05) is 30.4 Å². The van der Waals surface area contributed by atoms with Gasteiger partial charge in [0.25, 0.3) is 5.91 Å². The van der Waals surface area contributed by atoms with Crippen LogP contribution >= 0.6 is 0 Å². The summed E-state index contributed by atoms with van der Waals surface area (Å²) in [7, 11) is -1.07. The predicted octanol–water partition coefficient (Wildman–Crippen LogP) is 3.66. The van der Waals surface area contributed by atoms with Crippen LogP contribution in [-0.4, -0.2) is 50.6 Å². The summed E-state index contributed by atoms with van der Waals surface area (Å²) < 4.78 is 38.3. The number of rotatable bonds is 9. The lowest BCUT2D eigenvalue weighted by atomic mass is 9.97. The van der Waals surface area contributed by atoms with Crippen LogP contribution in [0.1, 0.15) is 43.1 Å². The van der Waals surface area contributed by atoms with Crippen molar-refractivity contribution in [2.75, 3.05) is 31.0 Å². The number of ether oxygens (including phenoxy) is 2. The molecule has 1 amide bonds. The van der Waals surface area contributed by atoms with Crippen LogP contribution in [0.2, 0.25) is 0 Å². The largest absolute Gasteiger partial charge is 0.497 e. The van der Waals surface area contributed by atoms with Gasteiger partial charge < -0.3 is 25.4 Å².